The van der Waals surface area contributed by atoms with E-state index in [-0.39, 0.29) is 24.5 Å². The fourth-order valence-corrected chi connectivity index (χ4v) is 3.25. The van der Waals surface area contributed by atoms with Crippen LogP contribution in [0.5, 0.6) is 5.75 Å². The van der Waals surface area contributed by atoms with Gasteiger partial charge in [0.05, 0.1) is 19.6 Å². The van der Waals surface area contributed by atoms with E-state index in [1.165, 1.54) is 18.4 Å². The molecule has 0 bridgehead atoms. The largest absolute Gasteiger partial charge is 0.495 e. The minimum Gasteiger partial charge on any atom is -0.495 e. The Kier molecular flexibility index (Phi) is 4.61. The van der Waals surface area contributed by atoms with Gasteiger partial charge in [-0.1, -0.05) is 0 Å². The number of nitrogens with zero attached hydrogens (tertiary/aromatic N) is 1. The highest BCUT2D eigenvalue weighted by atomic mass is 32.1. The highest BCUT2D eigenvalue weighted by Crippen LogP contribution is 2.30. The fourth-order valence-electron chi connectivity index (χ4n) is 2.43. The second-order valence-electron chi connectivity index (χ2n) is 4.62. The van der Waals surface area contributed by atoms with Crippen LogP contribution in [-0.2, 0) is 9.53 Å². The molecular formula is C13H17NO5S. The van der Waals surface area contributed by atoms with Crippen molar-refractivity contribution >= 4 is 23.2 Å². The van der Waals surface area contributed by atoms with E-state index in [9.17, 15) is 9.59 Å². The van der Waals surface area contributed by atoms with E-state index >= 15 is 0 Å². The number of thiophene rings is 1. The van der Waals surface area contributed by atoms with Crippen LogP contribution in [0.25, 0.3) is 0 Å². The van der Waals surface area contributed by atoms with Gasteiger partial charge in [0.15, 0.2) is 0 Å². The third-order valence-electron chi connectivity index (χ3n) is 3.42. The number of amides is 1. The Hall–Kier alpha value is -1.60. The first-order chi connectivity index (χ1) is 9.56. The molecule has 2 rings (SSSR count). The number of ether oxygens (including phenoxy) is 2. The van der Waals surface area contributed by atoms with Crippen LogP contribution in [0.1, 0.15) is 22.5 Å². The number of carboxylic acids is 1. The van der Waals surface area contributed by atoms with Crippen molar-refractivity contribution in [3.05, 3.63) is 16.3 Å². The minimum absolute atomic E-state index is 0.0701. The lowest BCUT2D eigenvalue weighted by atomic mass is 10.1. The Labute approximate surface area is 120 Å². The summed E-state index contributed by atoms with van der Waals surface area (Å²) in [6.45, 7) is 0.411. The maximum Gasteiger partial charge on any atom is 0.305 e. The molecule has 0 unspecified atom stereocenters. The first-order valence-corrected chi connectivity index (χ1v) is 7.11. The standard InChI is InChI=1S/C13H17NO5S/c1-18-9-5-8(6-11(15)16)14(7-9)13(17)12-10(19-2)3-4-20-12/h3-4,8-9H,5-7H2,1-2H3,(H,15,16)/t8-,9-/m0/s1. The summed E-state index contributed by atoms with van der Waals surface area (Å²) in [5.41, 5.74) is 0. The molecule has 7 heteroatoms. The molecule has 0 saturated carbocycles. The molecule has 0 radical (unpaired) electrons. The number of hydrogen-bond donors (Lipinski definition) is 1. The van der Waals surface area contributed by atoms with Crippen LogP contribution in [0.4, 0.5) is 0 Å². The number of aliphatic carboxylic acids is 1. The second-order valence-corrected chi connectivity index (χ2v) is 5.54. The van der Waals surface area contributed by atoms with Gasteiger partial charge < -0.3 is 19.5 Å². The van der Waals surface area contributed by atoms with Gasteiger partial charge in [0.25, 0.3) is 5.91 Å². The maximum absolute atomic E-state index is 12.5. The first kappa shape index (κ1) is 14.8. The lowest BCUT2D eigenvalue weighted by molar-refractivity contribution is -0.137. The molecule has 6 nitrogen and oxygen atoms in total. The molecule has 0 aromatic carbocycles. The molecule has 20 heavy (non-hydrogen) atoms. The van der Waals surface area contributed by atoms with Gasteiger partial charge in [-0.05, 0) is 17.9 Å². The quantitative estimate of drug-likeness (QED) is 0.891. The molecule has 2 atom stereocenters. The van der Waals surface area contributed by atoms with E-state index in [1.807, 2.05) is 0 Å². The molecule has 0 spiro atoms. The Bertz CT molecular complexity index is 501. The normalized spacial score (nSPS) is 22.0. The number of carbonyl (C=O) groups excluding carboxylic acids is 1. The van der Waals surface area contributed by atoms with Crippen LogP contribution in [-0.4, -0.2) is 54.8 Å². The maximum atomic E-state index is 12.5. The highest BCUT2D eigenvalue weighted by molar-refractivity contribution is 7.12. The van der Waals surface area contributed by atoms with Gasteiger partial charge in [-0.3, -0.25) is 9.59 Å². The predicted molar refractivity (Wildman–Crippen MR) is 73.4 cm³/mol. The summed E-state index contributed by atoms with van der Waals surface area (Å²) in [4.78, 5) is 25.6. The van der Waals surface area contributed by atoms with Gasteiger partial charge in [-0.25, -0.2) is 0 Å². The van der Waals surface area contributed by atoms with E-state index in [0.717, 1.165) is 0 Å². The fraction of sp³-hybridized carbons (Fsp3) is 0.538. The Morgan fingerprint density at radius 1 is 1.50 bits per heavy atom. The van der Waals surface area contributed by atoms with E-state index in [2.05, 4.69) is 0 Å². The first-order valence-electron chi connectivity index (χ1n) is 6.23. The SMILES string of the molecule is COc1ccsc1C(=O)N1C[C@@H](OC)C[C@H]1CC(=O)O. The molecule has 1 aliphatic heterocycles. The summed E-state index contributed by atoms with van der Waals surface area (Å²) in [5.74, 6) is -0.583. The van der Waals surface area contributed by atoms with Crippen LogP contribution in [0.15, 0.2) is 11.4 Å². The monoisotopic (exact) mass is 299 g/mol. The number of hydrogen-bond acceptors (Lipinski definition) is 5. The summed E-state index contributed by atoms with van der Waals surface area (Å²) in [6, 6.07) is 1.39. The number of carboxylic acid groups (broad SMARTS) is 1. The van der Waals surface area contributed by atoms with Gasteiger partial charge in [0.1, 0.15) is 10.6 Å². The predicted octanol–water partition coefficient (Wildman–Crippen LogP) is 1.46. The van der Waals surface area contributed by atoms with Crippen LogP contribution < -0.4 is 4.74 Å². The van der Waals surface area contributed by atoms with Crippen molar-refractivity contribution in [3.63, 3.8) is 0 Å². The van der Waals surface area contributed by atoms with Crippen molar-refractivity contribution in [1.29, 1.82) is 0 Å². The molecular weight excluding hydrogens is 282 g/mol. The average molecular weight is 299 g/mol. The van der Waals surface area contributed by atoms with Crippen molar-refractivity contribution in [2.45, 2.75) is 25.0 Å². The van der Waals surface area contributed by atoms with E-state index in [1.54, 1.807) is 23.5 Å². The molecule has 1 aromatic heterocycles. The zero-order valence-electron chi connectivity index (χ0n) is 11.4. The lowest BCUT2D eigenvalue weighted by Gasteiger charge is -2.22. The molecule has 110 valence electrons. The van der Waals surface area contributed by atoms with Crippen LogP contribution in [0.3, 0.4) is 0 Å². The van der Waals surface area contributed by atoms with E-state index in [4.69, 9.17) is 14.6 Å². The smallest absolute Gasteiger partial charge is 0.305 e. The van der Waals surface area contributed by atoms with Crippen molar-refractivity contribution in [2.24, 2.45) is 0 Å². The van der Waals surface area contributed by atoms with Crippen molar-refractivity contribution in [3.8, 4) is 5.75 Å². The summed E-state index contributed by atoms with van der Waals surface area (Å²) in [5, 5.41) is 10.7. The minimum atomic E-state index is -0.914. The molecule has 1 aliphatic rings. The number of rotatable bonds is 5. The van der Waals surface area contributed by atoms with Gasteiger partial charge in [0, 0.05) is 19.7 Å². The Morgan fingerprint density at radius 2 is 2.25 bits per heavy atom. The Morgan fingerprint density at radius 3 is 2.85 bits per heavy atom. The molecule has 1 amide bonds. The topological polar surface area (TPSA) is 76.1 Å². The summed E-state index contributed by atoms with van der Waals surface area (Å²) in [7, 11) is 3.08. The molecule has 1 aromatic rings. The average Bonchev–Trinajstić information content (AvgIpc) is 3.03. The van der Waals surface area contributed by atoms with Gasteiger partial charge in [-0.2, -0.15) is 0 Å². The third kappa shape index (κ3) is 2.94. The zero-order valence-corrected chi connectivity index (χ0v) is 12.2. The number of carbonyl (C=O) groups is 2. The summed E-state index contributed by atoms with van der Waals surface area (Å²) < 4.78 is 10.4. The third-order valence-corrected chi connectivity index (χ3v) is 4.31. The molecule has 1 N–H and O–H groups in total. The molecule has 0 aliphatic carbocycles. The number of likely N-dealkylation sites (tertiary alicyclic amines) is 1. The van der Waals surface area contributed by atoms with Gasteiger partial charge in [0.2, 0.25) is 0 Å². The van der Waals surface area contributed by atoms with Crippen LogP contribution >= 0.6 is 11.3 Å². The van der Waals surface area contributed by atoms with Gasteiger partial charge >= 0.3 is 5.97 Å². The number of methoxy groups -OCH3 is 2. The summed E-state index contributed by atoms with van der Waals surface area (Å²) in [6.07, 6.45) is 0.357. The van der Waals surface area contributed by atoms with Gasteiger partial charge in [-0.15, -0.1) is 11.3 Å². The van der Waals surface area contributed by atoms with Crippen molar-refractivity contribution in [1.82, 2.24) is 4.90 Å². The summed E-state index contributed by atoms with van der Waals surface area (Å²) >= 11 is 1.29. The van der Waals surface area contributed by atoms with E-state index < -0.39 is 5.97 Å². The highest BCUT2D eigenvalue weighted by Gasteiger charge is 2.38. The van der Waals surface area contributed by atoms with Crippen LogP contribution in [0.2, 0.25) is 0 Å². The van der Waals surface area contributed by atoms with Crippen molar-refractivity contribution < 1.29 is 24.2 Å². The molecule has 1 saturated heterocycles. The molecule has 2 heterocycles. The zero-order chi connectivity index (χ0) is 14.7. The van der Waals surface area contributed by atoms with E-state index in [0.29, 0.717) is 23.6 Å². The Balaban J connectivity index is 2.19. The second kappa shape index (κ2) is 6.23. The van der Waals surface area contributed by atoms with Crippen LogP contribution in [0, 0.1) is 0 Å². The van der Waals surface area contributed by atoms with Crippen molar-refractivity contribution in [2.75, 3.05) is 20.8 Å². The molecule has 1 fully saturated rings. The lowest BCUT2D eigenvalue weighted by Crippen LogP contribution is -2.37.